The fourth-order valence-electron chi connectivity index (χ4n) is 2.81. The minimum absolute atomic E-state index is 0. The fraction of sp³-hybridized carbons (Fsp3) is 0.412. The highest BCUT2D eigenvalue weighted by atomic mass is 35.5. The number of anilines is 1. The van der Waals surface area contributed by atoms with Crippen molar-refractivity contribution in [3.05, 3.63) is 29.6 Å². The van der Waals surface area contributed by atoms with Crippen molar-refractivity contribution < 1.29 is 23.0 Å². The van der Waals surface area contributed by atoms with Gasteiger partial charge in [-0.25, -0.2) is 4.98 Å². The Morgan fingerprint density at radius 3 is 2.74 bits per heavy atom. The molecule has 3 rings (SSSR count). The Balaban J connectivity index is 0.00000261. The van der Waals surface area contributed by atoms with Crippen molar-refractivity contribution in [3.63, 3.8) is 0 Å². The van der Waals surface area contributed by atoms with Crippen LogP contribution < -0.4 is 15.8 Å². The number of aromatic nitrogens is 1. The maximum Gasteiger partial charge on any atom is 0.387 e. The van der Waals surface area contributed by atoms with Gasteiger partial charge in [-0.3, -0.25) is 4.79 Å². The summed E-state index contributed by atoms with van der Waals surface area (Å²) in [7, 11) is 0. The highest BCUT2D eigenvalue weighted by molar-refractivity contribution is 7.14. The molecule has 3 N–H and O–H groups in total. The van der Waals surface area contributed by atoms with Gasteiger partial charge in [-0.05, 0) is 30.9 Å². The van der Waals surface area contributed by atoms with Crippen LogP contribution >= 0.6 is 23.7 Å². The third-order valence-corrected chi connectivity index (χ3v) is 4.95. The Bertz CT molecular complexity index is 757. The van der Waals surface area contributed by atoms with Gasteiger partial charge in [0.25, 0.3) is 0 Å². The summed E-state index contributed by atoms with van der Waals surface area (Å²) in [6, 6.07) is 5.74. The summed E-state index contributed by atoms with van der Waals surface area (Å²) in [6.07, 6.45) is 1.49. The maximum absolute atomic E-state index is 12.5. The number of rotatable bonds is 6. The lowest BCUT2D eigenvalue weighted by Crippen LogP contribution is -2.43. The van der Waals surface area contributed by atoms with Crippen LogP contribution in [0.15, 0.2) is 29.6 Å². The van der Waals surface area contributed by atoms with Gasteiger partial charge in [0, 0.05) is 24.2 Å². The quantitative estimate of drug-likeness (QED) is 0.748. The second-order valence-corrected chi connectivity index (χ2v) is 6.74. The second kappa shape index (κ2) is 9.93. The SMILES string of the molecule is Cl.NC(C(=O)Nc1nc(-c2ccccc2OC(F)F)cs1)C1CCOCC1. The molecule has 1 amide bonds. The minimum atomic E-state index is -2.92. The number of nitrogens with two attached hydrogens (primary N) is 1. The van der Waals surface area contributed by atoms with Gasteiger partial charge in [-0.1, -0.05) is 12.1 Å². The molecule has 1 aromatic heterocycles. The van der Waals surface area contributed by atoms with E-state index in [2.05, 4.69) is 15.0 Å². The zero-order valence-corrected chi connectivity index (χ0v) is 15.9. The molecule has 0 aliphatic carbocycles. The van der Waals surface area contributed by atoms with Crippen molar-refractivity contribution in [1.29, 1.82) is 0 Å². The monoisotopic (exact) mass is 419 g/mol. The van der Waals surface area contributed by atoms with Gasteiger partial charge < -0.3 is 20.5 Å². The van der Waals surface area contributed by atoms with Gasteiger partial charge >= 0.3 is 6.61 Å². The first-order valence-corrected chi connectivity index (χ1v) is 9.06. The van der Waals surface area contributed by atoms with Gasteiger partial charge in [0.1, 0.15) is 5.75 Å². The Labute approximate surface area is 165 Å². The largest absolute Gasteiger partial charge is 0.434 e. The average molecular weight is 420 g/mol. The number of nitrogens with zero attached hydrogens (tertiary/aromatic N) is 1. The van der Waals surface area contributed by atoms with Crippen LogP contribution in [0.1, 0.15) is 12.8 Å². The van der Waals surface area contributed by atoms with Crippen LogP contribution in [-0.2, 0) is 9.53 Å². The van der Waals surface area contributed by atoms with Gasteiger partial charge in [0.05, 0.1) is 11.7 Å². The van der Waals surface area contributed by atoms with E-state index < -0.39 is 12.7 Å². The van der Waals surface area contributed by atoms with Crippen molar-refractivity contribution in [2.75, 3.05) is 18.5 Å². The average Bonchev–Trinajstić information content (AvgIpc) is 3.10. The molecule has 0 radical (unpaired) electrons. The van der Waals surface area contributed by atoms with Gasteiger partial charge in [-0.2, -0.15) is 8.78 Å². The normalized spacial score (nSPS) is 15.9. The zero-order chi connectivity index (χ0) is 18.5. The standard InChI is InChI=1S/C17H19F2N3O3S.ClH/c18-16(19)25-13-4-2-1-3-11(13)12-9-26-17(21-12)22-15(23)14(20)10-5-7-24-8-6-10;/h1-4,9-10,14,16H,5-8,20H2,(H,21,22,23);1H. The molecule has 148 valence electrons. The summed E-state index contributed by atoms with van der Waals surface area (Å²) < 4.78 is 34.9. The van der Waals surface area contributed by atoms with Crippen LogP contribution in [0.25, 0.3) is 11.3 Å². The number of ether oxygens (including phenoxy) is 2. The number of para-hydroxylation sites is 1. The third kappa shape index (κ3) is 5.58. The molecule has 2 aromatic rings. The number of thiazole rings is 1. The lowest BCUT2D eigenvalue weighted by atomic mass is 9.92. The van der Waals surface area contributed by atoms with E-state index in [0.29, 0.717) is 29.6 Å². The Kier molecular flexibility index (Phi) is 7.91. The van der Waals surface area contributed by atoms with Crippen molar-refractivity contribution in [2.24, 2.45) is 11.7 Å². The molecule has 1 aromatic carbocycles. The summed E-state index contributed by atoms with van der Waals surface area (Å²) >= 11 is 1.20. The third-order valence-electron chi connectivity index (χ3n) is 4.19. The molecule has 1 aliphatic rings. The molecule has 0 saturated carbocycles. The number of hydrogen-bond acceptors (Lipinski definition) is 6. The predicted molar refractivity (Wildman–Crippen MR) is 102 cm³/mol. The molecule has 27 heavy (non-hydrogen) atoms. The topological polar surface area (TPSA) is 86.5 Å². The van der Waals surface area contributed by atoms with E-state index in [1.807, 2.05) is 0 Å². The molecule has 1 fully saturated rings. The Hall–Kier alpha value is -1.81. The molecule has 0 bridgehead atoms. The number of benzene rings is 1. The zero-order valence-electron chi connectivity index (χ0n) is 14.3. The van der Waals surface area contributed by atoms with Crippen molar-refractivity contribution in [1.82, 2.24) is 4.98 Å². The van der Waals surface area contributed by atoms with Crippen molar-refractivity contribution in [2.45, 2.75) is 25.5 Å². The van der Waals surface area contributed by atoms with Gasteiger partial charge in [0.15, 0.2) is 5.13 Å². The number of carbonyl (C=O) groups is 1. The maximum atomic E-state index is 12.5. The smallest absolute Gasteiger partial charge is 0.387 e. The van der Waals surface area contributed by atoms with E-state index in [1.54, 1.807) is 23.6 Å². The van der Waals surface area contributed by atoms with Crippen LogP contribution in [0, 0.1) is 5.92 Å². The molecular weight excluding hydrogens is 400 g/mol. The summed E-state index contributed by atoms with van der Waals surface area (Å²) in [5, 5.41) is 4.73. The molecule has 6 nitrogen and oxygen atoms in total. The molecule has 1 atom stereocenters. The molecular formula is C17H20ClF2N3O3S. The number of hydrogen-bond donors (Lipinski definition) is 2. The first kappa shape index (κ1) is 21.5. The van der Waals surface area contributed by atoms with Gasteiger partial charge in [-0.15, -0.1) is 23.7 Å². The number of halogens is 3. The highest BCUT2D eigenvalue weighted by Gasteiger charge is 2.27. The highest BCUT2D eigenvalue weighted by Crippen LogP contribution is 2.33. The number of alkyl halides is 2. The molecule has 1 unspecified atom stereocenters. The van der Waals surface area contributed by atoms with Crippen LogP contribution in [0.4, 0.5) is 13.9 Å². The van der Waals surface area contributed by atoms with E-state index in [9.17, 15) is 13.6 Å². The van der Waals surface area contributed by atoms with E-state index in [1.165, 1.54) is 17.4 Å². The second-order valence-electron chi connectivity index (χ2n) is 5.88. The summed E-state index contributed by atoms with van der Waals surface area (Å²) in [6.45, 7) is -1.71. The predicted octanol–water partition coefficient (Wildman–Crippen LogP) is 3.53. The number of carbonyl (C=O) groups excluding carboxylic acids is 1. The van der Waals surface area contributed by atoms with E-state index in [-0.39, 0.29) is 30.0 Å². The molecule has 1 saturated heterocycles. The summed E-state index contributed by atoms with van der Waals surface area (Å²) in [5.41, 5.74) is 6.92. The van der Waals surface area contributed by atoms with E-state index >= 15 is 0 Å². The molecule has 2 heterocycles. The van der Waals surface area contributed by atoms with Gasteiger partial charge in [0.2, 0.25) is 5.91 Å². The summed E-state index contributed by atoms with van der Waals surface area (Å²) in [4.78, 5) is 16.6. The van der Waals surface area contributed by atoms with Crippen LogP contribution in [0.2, 0.25) is 0 Å². The minimum Gasteiger partial charge on any atom is -0.434 e. The number of nitrogens with one attached hydrogen (secondary N) is 1. The van der Waals surface area contributed by atoms with E-state index in [4.69, 9.17) is 10.5 Å². The van der Waals surface area contributed by atoms with Crippen molar-refractivity contribution in [3.8, 4) is 17.0 Å². The Morgan fingerprint density at radius 1 is 1.33 bits per heavy atom. The first-order chi connectivity index (χ1) is 12.5. The molecule has 1 aliphatic heterocycles. The van der Waals surface area contributed by atoms with Crippen LogP contribution in [0.3, 0.4) is 0 Å². The Morgan fingerprint density at radius 2 is 2.04 bits per heavy atom. The lowest BCUT2D eigenvalue weighted by Gasteiger charge is -2.26. The van der Waals surface area contributed by atoms with E-state index in [0.717, 1.165) is 12.8 Å². The van der Waals surface area contributed by atoms with Crippen molar-refractivity contribution >= 4 is 34.8 Å². The lowest BCUT2D eigenvalue weighted by molar-refractivity contribution is -0.119. The summed E-state index contributed by atoms with van der Waals surface area (Å²) in [5.74, 6) is -0.206. The molecule has 10 heteroatoms. The van der Waals surface area contributed by atoms with Crippen LogP contribution in [-0.4, -0.2) is 36.8 Å². The van der Waals surface area contributed by atoms with Crippen LogP contribution in [0.5, 0.6) is 5.75 Å². The fourth-order valence-corrected chi connectivity index (χ4v) is 3.52. The molecule has 0 spiro atoms. The number of amides is 1. The first-order valence-electron chi connectivity index (χ1n) is 8.18.